The molecule has 0 saturated carbocycles. The number of rotatable bonds is 10. The van der Waals surface area contributed by atoms with Crippen molar-refractivity contribution in [2.45, 2.75) is 69.7 Å². The van der Waals surface area contributed by atoms with E-state index >= 15 is 0 Å². The Morgan fingerprint density at radius 1 is 0.952 bits per heavy atom. The Bertz CT molecular complexity index is 2470. The van der Waals surface area contributed by atoms with Crippen LogP contribution in [0.2, 0.25) is 0 Å². The number of nitrogens with zero attached hydrogens (tertiary/aromatic N) is 6. The van der Waals surface area contributed by atoms with Gasteiger partial charge in [0.1, 0.15) is 23.7 Å². The van der Waals surface area contributed by atoms with Gasteiger partial charge in [-0.15, -0.1) is 11.3 Å². The van der Waals surface area contributed by atoms with E-state index in [4.69, 9.17) is 0 Å². The van der Waals surface area contributed by atoms with Gasteiger partial charge >= 0.3 is 0 Å². The number of anilines is 2. The number of hydrogen-bond acceptors (Lipinski definition) is 11. The average Bonchev–Trinajstić information content (AvgIpc) is 4.00. The van der Waals surface area contributed by atoms with Crippen LogP contribution in [0.1, 0.15) is 87.5 Å². The summed E-state index contributed by atoms with van der Waals surface area (Å²) in [5.41, 5.74) is 4.43. The predicted octanol–water partition coefficient (Wildman–Crippen LogP) is 4.50. The molecule has 320 valence electrons. The Labute approximate surface area is 362 Å². The lowest BCUT2D eigenvalue weighted by atomic mass is 10.0. The van der Waals surface area contributed by atoms with Crippen LogP contribution in [0.5, 0.6) is 5.75 Å². The Balaban J connectivity index is 0.743. The first-order valence-electron chi connectivity index (χ1n) is 21.2. The first-order chi connectivity index (χ1) is 30.1. The summed E-state index contributed by atoms with van der Waals surface area (Å²) in [6, 6.07) is 13.3. The number of nitrogens with one attached hydrogen (secondary N) is 2. The van der Waals surface area contributed by atoms with Crippen LogP contribution in [0.4, 0.5) is 15.2 Å². The molecule has 9 rings (SSSR count). The molecule has 0 aliphatic carbocycles. The number of carbonyl (C=O) groups excluding carboxylic acids is 5. The minimum absolute atomic E-state index is 0.00325. The Kier molecular flexibility index (Phi) is 11.8. The van der Waals surface area contributed by atoms with Crippen LogP contribution in [0.3, 0.4) is 0 Å². The van der Waals surface area contributed by atoms with Crippen molar-refractivity contribution >= 4 is 51.7 Å². The van der Waals surface area contributed by atoms with E-state index in [1.165, 1.54) is 22.3 Å². The second-order valence-electron chi connectivity index (χ2n) is 16.4. The number of thiazole rings is 1. The zero-order chi connectivity index (χ0) is 42.9. The number of halogens is 1. The van der Waals surface area contributed by atoms with Gasteiger partial charge in [-0.25, -0.2) is 9.37 Å². The van der Waals surface area contributed by atoms with Gasteiger partial charge in [-0.1, -0.05) is 24.0 Å². The van der Waals surface area contributed by atoms with Crippen LogP contribution in [0.15, 0.2) is 66.2 Å². The maximum absolute atomic E-state index is 14.4. The van der Waals surface area contributed by atoms with E-state index in [9.17, 15) is 33.5 Å². The topological polar surface area (TPSA) is 159 Å². The molecule has 5 aliphatic rings. The van der Waals surface area contributed by atoms with Gasteiger partial charge in [-0.2, -0.15) is 0 Å². The third kappa shape index (κ3) is 8.40. The van der Waals surface area contributed by atoms with Crippen molar-refractivity contribution in [2.24, 2.45) is 0 Å². The summed E-state index contributed by atoms with van der Waals surface area (Å²) in [6.45, 7) is 7.12. The van der Waals surface area contributed by atoms with Crippen molar-refractivity contribution in [3.8, 4) is 17.6 Å². The molecule has 0 bridgehead atoms. The summed E-state index contributed by atoms with van der Waals surface area (Å²) in [6.07, 6.45) is 5.78. The normalized spacial score (nSPS) is 20.1. The molecule has 2 unspecified atom stereocenters. The minimum atomic E-state index is -1.28. The van der Waals surface area contributed by atoms with Crippen molar-refractivity contribution in [3.05, 3.63) is 105 Å². The summed E-state index contributed by atoms with van der Waals surface area (Å²) in [5, 5.41) is 17.8. The van der Waals surface area contributed by atoms with Gasteiger partial charge in [0, 0.05) is 111 Å². The number of fused-ring (bicyclic) bond motifs is 2. The molecule has 3 saturated heterocycles. The van der Waals surface area contributed by atoms with Gasteiger partial charge in [-0.05, 0) is 85.8 Å². The standard InChI is InChI=1S/C46H47FN8O6S/c47-31-9-12-39(56)36(25-31)41(43(59)50-46-48-16-24-62-46)55-27-30-8-10-33(26-35(30)45(55)61)52-18-14-32(15-19-52)53-22-20-51(21-23-53)17-3-1-2-5-29-6-4-7-34-37(29)28-54(44(34)60)38-11-13-40(57)49-42(38)58/h4,6-10,12,16,24-26,32,38,41,56H,1,3,11,13-15,17-23,27-28H2,(H,48,50,59)(H,49,57,58). The molecule has 62 heavy (non-hydrogen) atoms. The van der Waals surface area contributed by atoms with E-state index in [0.29, 0.717) is 35.3 Å². The molecular formula is C46H47FN8O6S. The van der Waals surface area contributed by atoms with Crippen LogP contribution in [0, 0.1) is 17.7 Å². The number of benzene rings is 3. The van der Waals surface area contributed by atoms with Gasteiger partial charge in [0.05, 0.1) is 0 Å². The lowest BCUT2D eigenvalue weighted by Crippen LogP contribution is -2.53. The fourth-order valence-electron chi connectivity index (χ4n) is 9.46. The molecule has 3 N–H and O–H groups in total. The van der Waals surface area contributed by atoms with E-state index in [1.54, 1.807) is 22.5 Å². The van der Waals surface area contributed by atoms with Crippen LogP contribution in [-0.4, -0.2) is 117 Å². The van der Waals surface area contributed by atoms with Crippen molar-refractivity contribution in [1.82, 2.24) is 29.9 Å². The van der Waals surface area contributed by atoms with Crippen LogP contribution in [-0.2, 0) is 27.5 Å². The predicted molar refractivity (Wildman–Crippen MR) is 230 cm³/mol. The molecule has 2 atom stereocenters. The molecule has 5 amide bonds. The number of hydrogen-bond donors (Lipinski definition) is 3. The number of aromatic hydroxyl groups is 1. The quantitative estimate of drug-likeness (QED) is 0.118. The second-order valence-corrected chi connectivity index (χ2v) is 17.3. The van der Waals surface area contributed by atoms with Gasteiger partial charge < -0.3 is 24.7 Å². The number of imide groups is 1. The van der Waals surface area contributed by atoms with E-state index in [1.807, 2.05) is 30.3 Å². The SMILES string of the molecule is O=C1CCC(N2Cc3c(C#CCCCN4CCN(C5CCN(c6ccc7c(c6)C(=O)N(C(C(=O)Nc6nccs6)c6cc(F)ccc6O)C7)CC5)CC4)cccc3C2=O)C(=O)N1. The molecule has 14 nitrogen and oxygen atoms in total. The van der Waals surface area contributed by atoms with E-state index in [2.05, 4.69) is 42.2 Å². The van der Waals surface area contributed by atoms with Crippen LogP contribution < -0.4 is 15.5 Å². The summed E-state index contributed by atoms with van der Waals surface area (Å²) in [5.74, 6) is 3.82. The van der Waals surface area contributed by atoms with Crippen molar-refractivity contribution in [1.29, 1.82) is 0 Å². The number of carbonyl (C=O) groups is 5. The number of unbranched alkanes of at least 4 members (excludes halogenated alkanes) is 1. The molecule has 1 aromatic heterocycles. The fourth-order valence-corrected chi connectivity index (χ4v) is 10.00. The van der Waals surface area contributed by atoms with E-state index < -0.39 is 29.7 Å². The number of piperidine rings is 2. The number of piperazine rings is 1. The molecule has 3 fully saturated rings. The fraction of sp³-hybridized carbons (Fsp3) is 0.391. The van der Waals surface area contributed by atoms with Gasteiger partial charge in [0.25, 0.3) is 17.7 Å². The van der Waals surface area contributed by atoms with Crippen molar-refractivity contribution in [3.63, 3.8) is 0 Å². The Hall–Kier alpha value is -6.15. The number of phenolic OH excluding ortho intramolecular Hbond substituents is 1. The Morgan fingerprint density at radius 3 is 2.55 bits per heavy atom. The summed E-state index contributed by atoms with van der Waals surface area (Å²) < 4.78 is 14.4. The molecule has 16 heteroatoms. The largest absolute Gasteiger partial charge is 0.508 e. The highest BCUT2D eigenvalue weighted by Gasteiger charge is 2.41. The summed E-state index contributed by atoms with van der Waals surface area (Å²) >= 11 is 1.22. The van der Waals surface area contributed by atoms with Crippen molar-refractivity contribution in [2.75, 3.05) is 56.0 Å². The maximum Gasteiger partial charge on any atom is 0.255 e. The van der Waals surface area contributed by atoms with Crippen molar-refractivity contribution < 1.29 is 33.5 Å². The third-order valence-corrected chi connectivity index (χ3v) is 13.5. The molecule has 5 aliphatic heterocycles. The number of aromatic nitrogens is 1. The van der Waals surface area contributed by atoms with Crippen LogP contribution >= 0.6 is 11.3 Å². The van der Waals surface area contributed by atoms with Gasteiger partial charge in [0.15, 0.2) is 5.13 Å². The van der Waals surface area contributed by atoms with E-state index in [-0.39, 0.29) is 42.0 Å². The first kappa shape index (κ1) is 41.2. The first-order valence-corrected chi connectivity index (χ1v) is 22.1. The van der Waals surface area contributed by atoms with Gasteiger partial charge in [0.2, 0.25) is 11.8 Å². The monoisotopic (exact) mass is 858 g/mol. The third-order valence-electron chi connectivity index (χ3n) is 12.8. The molecule has 0 radical (unpaired) electrons. The Morgan fingerprint density at radius 2 is 1.77 bits per heavy atom. The smallest absolute Gasteiger partial charge is 0.255 e. The molecule has 6 heterocycles. The number of amides is 5. The zero-order valence-corrected chi connectivity index (χ0v) is 35.0. The lowest BCUT2D eigenvalue weighted by Gasteiger charge is -2.43. The number of phenols is 1. The molecular weight excluding hydrogens is 812 g/mol. The molecule has 4 aromatic rings. The molecule has 3 aromatic carbocycles. The summed E-state index contributed by atoms with van der Waals surface area (Å²) in [7, 11) is 0. The highest BCUT2D eigenvalue weighted by atomic mass is 32.1. The second kappa shape index (κ2) is 17.7. The lowest BCUT2D eigenvalue weighted by molar-refractivity contribution is -0.137. The highest BCUT2D eigenvalue weighted by Crippen LogP contribution is 2.38. The minimum Gasteiger partial charge on any atom is -0.508 e. The molecule has 0 spiro atoms. The summed E-state index contributed by atoms with van der Waals surface area (Å²) in [4.78, 5) is 79.4. The van der Waals surface area contributed by atoms with Crippen LogP contribution in [0.25, 0.3) is 0 Å². The maximum atomic E-state index is 14.4. The van der Waals surface area contributed by atoms with E-state index in [0.717, 1.165) is 106 Å². The highest BCUT2D eigenvalue weighted by molar-refractivity contribution is 7.13. The average molecular weight is 859 g/mol. The van der Waals surface area contributed by atoms with Gasteiger partial charge in [-0.3, -0.25) is 39.5 Å². The zero-order valence-electron chi connectivity index (χ0n) is 34.1.